The molecule has 1 aliphatic carbocycles. The molecule has 1 atom stereocenters. The summed E-state index contributed by atoms with van der Waals surface area (Å²) in [6.07, 6.45) is 2.25. The maximum absolute atomic E-state index is 12.0. The van der Waals surface area contributed by atoms with Gasteiger partial charge in [-0.2, -0.15) is 0 Å². The smallest absolute Gasteiger partial charge is 0.291 e. The molecule has 0 saturated heterocycles. The van der Waals surface area contributed by atoms with E-state index >= 15 is 0 Å². The molecule has 1 fully saturated rings. The largest absolute Gasteiger partial charge is 0.342 e. The number of H-pyrrole nitrogens is 1. The number of hydrogen-bond acceptors (Lipinski definition) is 4. The van der Waals surface area contributed by atoms with Gasteiger partial charge < -0.3 is 5.32 Å². The van der Waals surface area contributed by atoms with Gasteiger partial charge in [0.05, 0.1) is 10.4 Å². The van der Waals surface area contributed by atoms with Gasteiger partial charge in [-0.1, -0.05) is 11.6 Å². The van der Waals surface area contributed by atoms with E-state index < -0.39 is 0 Å². The van der Waals surface area contributed by atoms with Crippen molar-refractivity contribution in [2.75, 3.05) is 0 Å². The molecule has 0 bridgehead atoms. The molecule has 7 heteroatoms. The lowest BCUT2D eigenvalue weighted by Gasteiger charge is -2.09. The number of rotatable bonds is 4. The molecule has 5 nitrogen and oxygen atoms in total. The third-order valence-corrected chi connectivity index (χ3v) is 4.45. The number of halogens is 1. The number of carbonyl (C=O) groups excluding carboxylic acids is 1. The predicted molar refractivity (Wildman–Crippen MR) is 73.6 cm³/mol. The molecule has 0 aliphatic heterocycles. The number of nitrogens with zero attached hydrogens (tertiary/aromatic N) is 2. The molecule has 19 heavy (non-hydrogen) atoms. The first-order chi connectivity index (χ1) is 9.13. The highest BCUT2D eigenvalue weighted by molar-refractivity contribution is 7.16. The van der Waals surface area contributed by atoms with E-state index in [2.05, 4.69) is 20.5 Å². The van der Waals surface area contributed by atoms with Crippen LogP contribution in [0, 0.1) is 0 Å². The number of amides is 1. The van der Waals surface area contributed by atoms with Gasteiger partial charge in [0.15, 0.2) is 0 Å². The molecular formula is C12H13ClN4OS. The zero-order chi connectivity index (χ0) is 13.4. The summed E-state index contributed by atoms with van der Waals surface area (Å²) >= 11 is 7.33. The molecule has 1 aliphatic rings. The molecule has 0 aromatic carbocycles. The van der Waals surface area contributed by atoms with Crippen molar-refractivity contribution in [1.29, 1.82) is 0 Å². The predicted octanol–water partition coefficient (Wildman–Crippen LogP) is 2.89. The Kier molecular flexibility index (Phi) is 3.28. The van der Waals surface area contributed by atoms with Crippen LogP contribution in [-0.4, -0.2) is 21.1 Å². The number of aromatic amines is 1. The Bertz CT molecular complexity index is 604. The fourth-order valence-corrected chi connectivity index (χ4v) is 2.87. The van der Waals surface area contributed by atoms with Crippen LogP contribution in [-0.2, 0) is 0 Å². The number of aromatic nitrogens is 3. The Labute approximate surface area is 119 Å². The first-order valence-corrected chi connectivity index (χ1v) is 7.31. The Morgan fingerprint density at radius 2 is 2.37 bits per heavy atom. The minimum atomic E-state index is -0.264. The monoisotopic (exact) mass is 296 g/mol. The highest BCUT2D eigenvalue weighted by atomic mass is 35.5. The third-order valence-electron chi connectivity index (χ3n) is 3.04. The van der Waals surface area contributed by atoms with E-state index in [1.807, 2.05) is 19.1 Å². The van der Waals surface area contributed by atoms with Crippen molar-refractivity contribution < 1.29 is 4.79 Å². The quantitative estimate of drug-likeness (QED) is 0.911. The summed E-state index contributed by atoms with van der Waals surface area (Å²) in [7, 11) is 0. The Balaban J connectivity index is 1.66. The van der Waals surface area contributed by atoms with Crippen molar-refractivity contribution in [1.82, 2.24) is 20.5 Å². The second-order valence-corrected chi connectivity index (χ2v) is 6.40. The fraction of sp³-hybridized carbons (Fsp3) is 0.417. The van der Waals surface area contributed by atoms with Crippen molar-refractivity contribution in [2.24, 2.45) is 0 Å². The topological polar surface area (TPSA) is 70.7 Å². The highest BCUT2D eigenvalue weighted by Crippen LogP contribution is 2.37. The summed E-state index contributed by atoms with van der Waals surface area (Å²) in [6.45, 7) is 1.91. The van der Waals surface area contributed by atoms with Gasteiger partial charge >= 0.3 is 0 Å². The maximum Gasteiger partial charge on any atom is 0.291 e. The Morgan fingerprint density at radius 1 is 1.58 bits per heavy atom. The zero-order valence-corrected chi connectivity index (χ0v) is 11.9. The van der Waals surface area contributed by atoms with Crippen LogP contribution < -0.4 is 5.32 Å². The lowest BCUT2D eigenvalue weighted by molar-refractivity contribution is 0.0930. The van der Waals surface area contributed by atoms with Gasteiger partial charge in [-0.3, -0.25) is 9.89 Å². The van der Waals surface area contributed by atoms with Crippen molar-refractivity contribution in [3.05, 3.63) is 33.0 Å². The van der Waals surface area contributed by atoms with Crippen molar-refractivity contribution in [2.45, 2.75) is 31.7 Å². The summed E-state index contributed by atoms with van der Waals surface area (Å²) in [5, 5.41) is 9.65. The number of carbonyl (C=O) groups is 1. The number of hydrogen-bond donors (Lipinski definition) is 2. The normalized spacial score (nSPS) is 16.3. The summed E-state index contributed by atoms with van der Waals surface area (Å²) in [5.74, 6) is 1.22. The first kappa shape index (κ1) is 12.6. The van der Waals surface area contributed by atoms with Crippen molar-refractivity contribution in [3.8, 4) is 0 Å². The van der Waals surface area contributed by atoms with Crippen LogP contribution in [0.5, 0.6) is 0 Å². The number of nitrogens with one attached hydrogen (secondary N) is 2. The molecule has 2 aromatic heterocycles. The van der Waals surface area contributed by atoms with Gasteiger partial charge in [-0.15, -0.1) is 16.4 Å². The molecule has 2 heterocycles. The molecule has 100 valence electrons. The van der Waals surface area contributed by atoms with E-state index in [0.29, 0.717) is 10.3 Å². The summed E-state index contributed by atoms with van der Waals surface area (Å²) in [4.78, 5) is 17.2. The van der Waals surface area contributed by atoms with Crippen LogP contribution in [0.3, 0.4) is 0 Å². The minimum absolute atomic E-state index is 0.104. The van der Waals surface area contributed by atoms with Crippen LogP contribution >= 0.6 is 22.9 Å². The molecule has 1 unspecified atom stereocenters. The van der Waals surface area contributed by atoms with Crippen molar-refractivity contribution >= 4 is 28.8 Å². The van der Waals surface area contributed by atoms with Gasteiger partial charge in [-0.05, 0) is 31.9 Å². The Hall–Kier alpha value is -1.40. The van der Waals surface area contributed by atoms with Crippen LogP contribution in [0.2, 0.25) is 4.34 Å². The van der Waals surface area contributed by atoms with Crippen LogP contribution in [0.4, 0.5) is 0 Å². The standard InChI is InChI=1S/C12H13ClN4OS/c1-6(8-4-5-9(13)19-8)14-12(18)11-15-10(16-17-11)7-2-3-7/h4-7H,2-3H2,1H3,(H,14,18)(H,15,16,17). The SMILES string of the molecule is CC(NC(=O)c1n[nH]c(C2CC2)n1)c1ccc(Cl)s1. The van der Waals surface area contributed by atoms with Crippen molar-refractivity contribution in [3.63, 3.8) is 0 Å². The van der Waals surface area contributed by atoms with E-state index in [1.54, 1.807) is 0 Å². The molecular weight excluding hydrogens is 284 g/mol. The van der Waals surface area contributed by atoms with Crippen LogP contribution in [0.25, 0.3) is 0 Å². The molecule has 0 radical (unpaired) electrons. The molecule has 2 N–H and O–H groups in total. The first-order valence-electron chi connectivity index (χ1n) is 6.12. The van der Waals surface area contributed by atoms with Crippen LogP contribution in [0.1, 0.15) is 53.0 Å². The van der Waals surface area contributed by atoms with Gasteiger partial charge in [0.2, 0.25) is 5.82 Å². The van der Waals surface area contributed by atoms with E-state index in [-0.39, 0.29) is 17.8 Å². The van der Waals surface area contributed by atoms with Gasteiger partial charge in [0.25, 0.3) is 5.91 Å². The zero-order valence-electron chi connectivity index (χ0n) is 10.3. The maximum atomic E-state index is 12.0. The van der Waals surface area contributed by atoms with E-state index in [1.165, 1.54) is 11.3 Å². The highest BCUT2D eigenvalue weighted by Gasteiger charge is 2.28. The second-order valence-electron chi connectivity index (χ2n) is 4.66. The average Bonchev–Trinajstić information content (AvgIpc) is 2.94. The van der Waals surface area contributed by atoms with E-state index in [9.17, 15) is 4.79 Å². The van der Waals surface area contributed by atoms with E-state index in [0.717, 1.165) is 23.5 Å². The van der Waals surface area contributed by atoms with Gasteiger partial charge in [0, 0.05) is 10.8 Å². The summed E-state index contributed by atoms with van der Waals surface area (Å²) < 4.78 is 0.713. The third kappa shape index (κ3) is 2.79. The fourth-order valence-electron chi connectivity index (χ4n) is 1.81. The molecule has 0 spiro atoms. The summed E-state index contributed by atoms with van der Waals surface area (Å²) in [5.41, 5.74) is 0. The molecule has 1 saturated carbocycles. The molecule has 2 aromatic rings. The number of thiophene rings is 1. The lowest BCUT2D eigenvalue weighted by atomic mass is 10.3. The molecule has 1 amide bonds. The minimum Gasteiger partial charge on any atom is -0.342 e. The summed E-state index contributed by atoms with van der Waals surface area (Å²) in [6, 6.07) is 3.63. The van der Waals surface area contributed by atoms with Crippen LogP contribution in [0.15, 0.2) is 12.1 Å². The van der Waals surface area contributed by atoms with Gasteiger partial charge in [0.1, 0.15) is 5.82 Å². The average molecular weight is 297 g/mol. The molecule has 3 rings (SSSR count). The lowest BCUT2D eigenvalue weighted by Crippen LogP contribution is -2.27. The Morgan fingerprint density at radius 3 is 3.00 bits per heavy atom. The second kappa shape index (κ2) is 4.94. The van der Waals surface area contributed by atoms with Gasteiger partial charge in [-0.25, -0.2) is 4.98 Å². The van der Waals surface area contributed by atoms with E-state index in [4.69, 9.17) is 11.6 Å².